The standard InChI is InChI=1S/C28H31N3O2/c1-33-26-14-8-9-22(19-26)20-30-17-15-25(16-18-30)31-21-28(29-27(31)32,23-10-4-2-5-11-23)24-12-6-3-7-13-24/h2-14,19,25H,15-18,20-21H2,1H3,(H,29,32). The van der Waals surface area contributed by atoms with Crippen molar-refractivity contribution in [1.29, 1.82) is 0 Å². The largest absolute Gasteiger partial charge is 0.497 e. The first-order valence-electron chi connectivity index (χ1n) is 11.7. The predicted octanol–water partition coefficient (Wildman–Crippen LogP) is 4.63. The zero-order valence-electron chi connectivity index (χ0n) is 19.1. The van der Waals surface area contributed by atoms with E-state index >= 15 is 0 Å². The van der Waals surface area contributed by atoms with Crippen LogP contribution in [0.5, 0.6) is 5.75 Å². The van der Waals surface area contributed by atoms with Crippen LogP contribution < -0.4 is 10.1 Å². The quantitative estimate of drug-likeness (QED) is 0.607. The van der Waals surface area contributed by atoms with Gasteiger partial charge in [-0.3, -0.25) is 4.90 Å². The molecule has 2 amide bonds. The second-order valence-corrected chi connectivity index (χ2v) is 9.05. The van der Waals surface area contributed by atoms with Gasteiger partial charge in [0.25, 0.3) is 0 Å². The Balaban J connectivity index is 1.30. The lowest BCUT2D eigenvalue weighted by Crippen LogP contribution is -2.46. The van der Waals surface area contributed by atoms with Gasteiger partial charge in [-0.2, -0.15) is 0 Å². The van der Waals surface area contributed by atoms with Crippen molar-refractivity contribution in [3.63, 3.8) is 0 Å². The summed E-state index contributed by atoms with van der Waals surface area (Å²) in [6, 6.07) is 29.3. The van der Waals surface area contributed by atoms with E-state index in [1.807, 2.05) is 48.5 Å². The minimum atomic E-state index is -0.517. The first-order chi connectivity index (χ1) is 16.2. The van der Waals surface area contributed by atoms with E-state index in [2.05, 4.69) is 51.5 Å². The lowest BCUT2D eigenvalue weighted by atomic mass is 9.83. The molecule has 5 rings (SSSR count). The number of likely N-dealkylation sites (tertiary alicyclic amines) is 1. The summed E-state index contributed by atoms with van der Waals surface area (Å²) < 4.78 is 5.36. The molecule has 33 heavy (non-hydrogen) atoms. The topological polar surface area (TPSA) is 44.8 Å². The van der Waals surface area contributed by atoms with E-state index in [-0.39, 0.29) is 12.1 Å². The highest BCUT2D eigenvalue weighted by Gasteiger charge is 2.47. The summed E-state index contributed by atoms with van der Waals surface area (Å²) in [5, 5.41) is 3.37. The van der Waals surface area contributed by atoms with Crippen molar-refractivity contribution >= 4 is 6.03 Å². The van der Waals surface area contributed by atoms with E-state index in [1.54, 1.807) is 7.11 Å². The van der Waals surface area contributed by atoms with Crippen LogP contribution in [0.2, 0.25) is 0 Å². The van der Waals surface area contributed by atoms with Crippen LogP contribution >= 0.6 is 0 Å². The molecule has 0 unspecified atom stereocenters. The Hall–Kier alpha value is -3.31. The number of nitrogens with one attached hydrogen (secondary N) is 1. The third-order valence-corrected chi connectivity index (χ3v) is 7.06. The van der Waals surface area contributed by atoms with Gasteiger partial charge in [0.15, 0.2) is 0 Å². The molecule has 0 aromatic heterocycles. The zero-order valence-corrected chi connectivity index (χ0v) is 19.1. The van der Waals surface area contributed by atoms with Crippen molar-refractivity contribution < 1.29 is 9.53 Å². The maximum Gasteiger partial charge on any atom is 0.318 e. The van der Waals surface area contributed by atoms with Gasteiger partial charge >= 0.3 is 6.03 Å². The molecule has 2 aliphatic heterocycles. The van der Waals surface area contributed by atoms with Gasteiger partial charge in [-0.05, 0) is 41.7 Å². The van der Waals surface area contributed by atoms with Gasteiger partial charge in [-0.15, -0.1) is 0 Å². The third kappa shape index (κ3) is 4.33. The van der Waals surface area contributed by atoms with E-state index in [1.165, 1.54) is 5.56 Å². The highest BCUT2D eigenvalue weighted by molar-refractivity contribution is 5.80. The maximum atomic E-state index is 13.3. The lowest BCUT2D eigenvalue weighted by Gasteiger charge is -2.37. The summed E-state index contributed by atoms with van der Waals surface area (Å²) in [7, 11) is 1.70. The molecule has 0 aliphatic carbocycles. The number of urea groups is 1. The average Bonchev–Trinajstić information content (AvgIpc) is 3.24. The Bertz CT molecular complexity index is 1040. The molecule has 0 spiro atoms. The van der Waals surface area contributed by atoms with Crippen LogP contribution in [0.3, 0.4) is 0 Å². The fourth-order valence-corrected chi connectivity index (χ4v) is 5.27. The molecule has 0 saturated carbocycles. The van der Waals surface area contributed by atoms with Gasteiger partial charge < -0.3 is 15.0 Å². The van der Waals surface area contributed by atoms with Crippen LogP contribution in [0.4, 0.5) is 4.79 Å². The summed E-state index contributed by atoms with van der Waals surface area (Å²) in [4.78, 5) is 17.8. The number of ether oxygens (including phenoxy) is 1. The summed E-state index contributed by atoms with van der Waals surface area (Å²) in [6.45, 7) is 3.53. The van der Waals surface area contributed by atoms with Gasteiger partial charge in [0, 0.05) is 25.7 Å². The SMILES string of the molecule is COc1cccc(CN2CCC(N3CC(c4ccccc4)(c4ccccc4)NC3=O)CC2)c1. The smallest absolute Gasteiger partial charge is 0.318 e. The molecule has 1 N–H and O–H groups in total. The Kier molecular flexibility index (Phi) is 6.05. The van der Waals surface area contributed by atoms with Gasteiger partial charge in [-0.1, -0.05) is 72.8 Å². The van der Waals surface area contributed by atoms with Crippen LogP contribution in [-0.2, 0) is 12.1 Å². The van der Waals surface area contributed by atoms with Gasteiger partial charge in [-0.25, -0.2) is 4.79 Å². The summed E-state index contributed by atoms with van der Waals surface area (Å²) >= 11 is 0. The monoisotopic (exact) mass is 441 g/mol. The van der Waals surface area contributed by atoms with E-state index in [9.17, 15) is 4.79 Å². The van der Waals surface area contributed by atoms with Crippen LogP contribution in [0.15, 0.2) is 84.9 Å². The molecular formula is C28H31N3O2. The normalized spacial score (nSPS) is 18.8. The summed E-state index contributed by atoms with van der Waals surface area (Å²) in [6.07, 6.45) is 1.97. The number of carbonyl (C=O) groups is 1. The molecule has 2 fully saturated rings. The highest BCUT2D eigenvalue weighted by atomic mass is 16.5. The second kappa shape index (κ2) is 9.28. The maximum absolute atomic E-state index is 13.3. The molecule has 5 heteroatoms. The molecule has 2 saturated heterocycles. The molecule has 2 aliphatic rings. The summed E-state index contributed by atoms with van der Waals surface area (Å²) in [5.74, 6) is 0.897. The van der Waals surface area contributed by atoms with Crippen molar-refractivity contribution in [1.82, 2.24) is 15.1 Å². The van der Waals surface area contributed by atoms with Crippen LogP contribution in [-0.4, -0.2) is 48.6 Å². The number of methoxy groups -OCH3 is 1. The molecular weight excluding hydrogens is 410 g/mol. The predicted molar refractivity (Wildman–Crippen MR) is 130 cm³/mol. The highest BCUT2D eigenvalue weighted by Crippen LogP contribution is 2.36. The number of carbonyl (C=O) groups excluding carboxylic acids is 1. The molecule has 0 radical (unpaired) electrons. The molecule has 2 heterocycles. The van der Waals surface area contributed by atoms with E-state index < -0.39 is 5.54 Å². The first kappa shape index (κ1) is 21.5. The zero-order chi connectivity index (χ0) is 22.7. The Morgan fingerprint density at radius 1 is 0.909 bits per heavy atom. The second-order valence-electron chi connectivity index (χ2n) is 9.05. The van der Waals surface area contributed by atoms with Gasteiger partial charge in [0.05, 0.1) is 13.7 Å². The molecule has 0 atom stereocenters. The Morgan fingerprint density at radius 2 is 1.55 bits per heavy atom. The van der Waals surface area contributed by atoms with Gasteiger partial charge in [0.1, 0.15) is 11.3 Å². The minimum absolute atomic E-state index is 0.0361. The van der Waals surface area contributed by atoms with E-state index in [4.69, 9.17) is 4.74 Å². The van der Waals surface area contributed by atoms with Crippen LogP contribution in [0.25, 0.3) is 0 Å². The lowest BCUT2D eigenvalue weighted by molar-refractivity contribution is 0.129. The molecule has 170 valence electrons. The number of rotatable bonds is 6. The van der Waals surface area contributed by atoms with Crippen molar-refractivity contribution in [3.8, 4) is 5.75 Å². The van der Waals surface area contributed by atoms with Crippen molar-refractivity contribution in [2.24, 2.45) is 0 Å². The fourth-order valence-electron chi connectivity index (χ4n) is 5.27. The number of hydrogen-bond acceptors (Lipinski definition) is 3. The van der Waals surface area contributed by atoms with E-state index in [0.717, 1.165) is 49.4 Å². The van der Waals surface area contributed by atoms with Crippen LogP contribution in [0.1, 0.15) is 29.5 Å². The van der Waals surface area contributed by atoms with E-state index in [0.29, 0.717) is 6.54 Å². The van der Waals surface area contributed by atoms with Gasteiger partial charge in [0.2, 0.25) is 0 Å². The number of benzene rings is 3. The first-order valence-corrected chi connectivity index (χ1v) is 11.7. The molecule has 3 aromatic carbocycles. The van der Waals surface area contributed by atoms with Crippen molar-refractivity contribution in [2.75, 3.05) is 26.7 Å². The summed E-state index contributed by atoms with van der Waals surface area (Å²) in [5.41, 5.74) is 3.00. The molecule has 5 nitrogen and oxygen atoms in total. The molecule has 0 bridgehead atoms. The fraction of sp³-hybridized carbons (Fsp3) is 0.321. The Labute approximate surface area is 196 Å². The number of nitrogens with zero attached hydrogens (tertiary/aromatic N) is 2. The van der Waals surface area contributed by atoms with Crippen molar-refractivity contribution in [3.05, 3.63) is 102 Å². The number of amides is 2. The minimum Gasteiger partial charge on any atom is -0.497 e. The molecule has 3 aromatic rings. The third-order valence-electron chi connectivity index (χ3n) is 7.06. The average molecular weight is 442 g/mol. The number of hydrogen-bond donors (Lipinski definition) is 1. The van der Waals surface area contributed by atoms with Crippen LogP contribution in [0, 0.1) is 0 Å². The number of piperidine rings is 1. The Morgan fingerprint density at radius 3 is 2.15 bits per heavy atom. The van der Waals surface area contributed by atoms with Crippen molar-refractivity contribution in [2.45, 2.75) is 31.0 Å².